The third-order valence-electron chi connectivity index (χ3n) is 1.50. The van der Waals surface area contributed by atoms with Crippen molar-refractivity contribution in [2.45, 2.75) is 27.4 Å². The van der Waals surface area contributed by atoms with E-state index < -0.39 is 0 Å². The molecule has 76 valence electrons. The van der Waals surface area contributed by atoms with E-state index >= 15 is 0 Å². The summed E-state index contributed by atoms with van der Waals surface area (Å²) in [6.45, 7) is 6.72. The molecule has 0 unspecified atom stereocenters. The first-order valence-electron chi connectivity index (χ1n) is 4.63. The van der Waals surface area contributed by atoms with Gasteiger partial charge in [-0.25, -0.2) is 0 Å². The van der Waals surface area contributed by atoms with Crippen molar-refractivity contribution in [3.8, 4) is 0 Å². The lowest BCUT2D eigenvalue weighted by Gasteiger charge is -2.09. The molecular formula is C11H16N2O. The maximum atomic E-state index is 5.14. The zero-order chi connectivity index (χ0) is 10.4. The van der Waals surface area contributed by atoms with E-state index in [2.05, 4.69) is 30.9 Å². The van der Waals surface area contributed by atoms with Crippen LogP contribution in [0, 0.1) is 5.41 Å². The Balaban J connectivity index is 2.33. The van der Waals surface area contributed by atoms with Gasteiger partial charge in [0.1, 0.15) is 6.61 Å². The summed E-state index contributed by atoms with van der Waals surface area (Å²) in [6, 6.07) is 3.82. The van der Waals surface area contributed by atoms with Gasteiger partial charge in [-0.1, -0.05) is 25.9 Å². The largest absolute Gasteiger partial charge is 0.391 e. The Hall–Kier alpha value is -1.38. The average molecular weight is 192 g/mol. The third-order valence-corrected chi connectivity index (χ3v) is 1.50. The minimum atomic E-state index is 0.0677. The number of aromatic nitrogens is 1. The fourth-order valence-electron chi connectivity index (χ4n) is 0.786. The van der Waals surface area contributed by atoms with Gasteiger partial charge in [-0.3, -0.25) is 4.98 Å². The van der Waals surface area contributed by atoms with Crippen LogP contribution in [0.2, 0.25) is 0 Å². The normalized spacial score (nSPS) is 11.9. The number of rotatable bonds is 3. The van der Waals surface area contributed by atoms with E-state index in [4.69, 9.17) is 4.84 Å². The van der Waals surface area contributed by atoms with Crippen LogP contribution in [0.1, 0.15) is 26.3 Å². The van der Waals surface area contributed by atoms with Crippen molar-refractivity contribution >= 4 is 6.21 Å². The molecule has 0 fully saturated rings. The van der Waals surface area contributed by atoms with E-state index in [-0.39, 0.29) is 5.41 Å². The summed E-state index contributed by atoms with van der Waals surface area (Å²) in [7, 11) is 0. The van der Waals surface area contributed by atoms with E-state index in [1.54, 1.807) is 18.6 Å². The molecule has 1 heterocycles. The average Bonchev–Trinajstić information content (AvgIpc) is 2.13. The number of nitrogens with zero attached hydrogens (tertiary/aromatic N) is 2. The first-order chi connectivity index (χ1) is 6.58. The lowest BCUT2D eigenvalue weighted by atomic mass is 10.00. The first kappa shape index (κ1) is 10.7. The first-order valence-corrected chi connectivity index (χ1v) is 4.63. The molecule has 0 aromatic carbocycles. The van der Waals surface area contributed by atoms with E-state index in [0.29, 0.717) is 6.61 Å². The maximum Gasteiger partial charge on any atom is 0.142 e. The fourth-order valence-corrected chi connectivity index (χ4v) is 0.786. The maximum absolute atomic E-state index is 5.14. The summed E-state index contributed by atoms with van der Waals surface area (Å²) in [6.07, 6.45) is 5.28. The van der Waals surface area contributed by atoms with Crippen molar-refractivity contribution in [3.05, 3.63) is 30.1 Å². The van der Waals surface area contributed by atoms with Crippen LogP contribution in [-0.4, -0.2) is 11.2 Å². The highest BCUT2D eigenvalue weighted by molar-refractivity contribution is 5.63. The quantitative estimate of drug-likeness (QED) is 0.545. The zero-order valence-corrected chi connectivity index (χ0v) is 8.90. The molecule has 3 heteroatoms. The molecule has 0 saturated heterocycles. The minimum absolute atomic E-state index is 0.0677. The van der Waals surface area contributed by atoms with Crippen molar-refractivity contribution in [2.75, 3.05) is 0 Å². The molecule has 0 spiro atoms. The molecule has 0 N–H and O–H groups in total. The standard InChI is InChI=1S/C11H16N2O/c1-11(2,3)9-13-14-8-10-4-6-12-7-5-10/h4-7,9H,8H2,1-3H3/b13-9+. The van der Waals surface area contributed by atoms with Crippen LogP contribution >= 0.6 is 0 Å². The van der Waals surface area contributed by atoms with Gasteiger partial charge in [0.05, 0.1) is 0 Å². The summed E-state index contributed by atoms with van der Waals surface area (Å²) in [5.74, 6) is 0. The summed E-state index contributed by atoms with van der Waals surface area (Å²) in [4.78, 5) is 9.06. The van der Waals surface area contributed by atoms with E-state index in [1.165, 1.54) is 0 Å². The van der Waals surface area contributed by atoms with Gasteiger partial charge < -0.3 is 4.84 Å². The Kier molecular flexibility index (Phi) is 3.63. The Morgan fingerprint density at radius 3 is 2.57 bits per heavy atom. The van der Waals surface area contributed by atoms with Crippen LogP contribution in [0.4, 0.5) is 0 Å². The topological polar surface area (TPSA) is 34.5 Å². The second-order valence-electron chi connectivity index (χ2n) is 4.23. The highest BCUT2D eigenvalue weighted by atomic mass is 16.6. The highest BCUT2D eigenvalue weighted by Crippen LogP contribution is 2.08. The highest BCUT2D eigenvalue weighted by Gasteiger charge is 2.04. The van der Waals surface area contributed by atoms with Gasteiger partial charge in [0.15, 0.2) is 0 Å². The SMILES string of the molecule is CC(C)(C)/C=N/OCc1ccncc1. The van der Waals surface area contributed by atoms with Crippen LogP contribution in [0.25, 0.3) is 0 Å². The number of hydrogen-bond donors (Lipinski definition) is 0. The summed E-state index contributed by atoms with van der Waals surface area (Å²) >= 11 is 0. The van der Waals surface area contributed by atoms with Crippen LogP contribution in [-0.2, 0) is 11.4 Å². The van der Waals surface area contributed by atoms with Gasteiger partial charge in [0.2, 0.25) is 0 Å². The molecule has 0 bridgehead atoms. The molecule has 1 aromatic rings. The molecule has 0 saturated carbocycles. The van der Waals surface area contributed by atoms with Crippen molar-refractivity contribution in [1.82, 2.24) is 4.98 Å². The number of oxime groups is 1. The van der Waals surface area contributed by atoms with Gasteiger partial charge in [0.25, 0.3) is 0 Å². The molecule has 0 atom stereocenters. The fraction of sp³-hybridized carbons (Fsp3) is 0.455. The molecule has 0 aliphatic rings. The van der Waals surface area contributed by atoms with Crippen molar-refractivity contribution in [1.29, 1.82) is 0 Å². The van der Waals surface area contributed by atoms with Crippen LogP contribution < -0.4 is 0 Å². The Morgan fingerprint density at radius 1 is 1.36 bits per heavy atom. The predicted octanol–water partition coefficient (Wildman–Crippen LogP) is 2.63. The lowest BCUT2D eigenvalue weighted by molar-refractivity contribution is 0.129. The van der Waals surface area contributed by atoms with Crippen molar-refractivity contribution in [2.24, 2.45) is 10.6 Å². The molecule has 0 aliphatic heterocycles. The Labute approximate surface area is 84.8 Å². The smallest absolute Gasteiger partial charge is 0.142 e. The Morgan fingerprint density at radius 2 is 2.00 bits per heavy atom. The molecular weight excluding hydrogens is 176 g/mol. The van der Waals surface area contributed by atoms with Crippen LogP contribution in [0.15, 0.2) is 29.7 Å². The summed E-state index contributed by atoms with van der Waals surface area (Å²) in [5.41, 5.74) is 1.14. The van der Waals surface area contributed by atoms with Crippen LogP contribution in [0.5, 0.6) is 0 Å². The third kappa shape index (κ3) is 4.60. The Bertz CT molecular complexity index is 288. The lowest BCUT2D eigenvalue weighted by Crippen LogP contribution is -2.06. The van der Waals surface area contributed by atoms with Gasteiger partial charge in [0, 0.05) is 24.0 Å². The van der Waals surface area contributed by atoms with E-state index in [1.807, 2.05) is 12.1 Å². The summed E-state index contributed by atoms with van der Waals surface area (Å²) < 4.78 is 0. The summed E-state index contributed by atoms with van der Waals surface area (Å²) in [5, 5.41) is 3.89. The minimum Gasteiger partial charge on any atom is -0.391 e. The molecule has 0 amide bonds. The molecule has 1 aromatic heterocycles. The van der Waals surface area contributed by atoms with Crippen molar-refractivity contribution in [3.63, 3.8) is 0 Å². The van der Waals surface area contributed by atoms with Gasteiger partial charge in [-0.15, -0.1) is 0 Å². The van der Waals surface area contributed by atoms with Gasteiger partial charge in [-0.2, -0.15) is 0 Å². The number of pyridine rings is 1. The second-order valence-corrected chi connectivity index (χ2v) is 4.23. The monoisotopic (exact) mass is 192 g/mol. The molecule has 0 radical (unpaired) electrons. The number of hydrogen-bond acceptors (Lipinski definition) is 3. The second kappa shape index (κ2) is 4.74. The zero-order valence-electron chi connectivity index (χ0n) is 8.90. The molecule has 1 rings (SSSR count). The van der Waals surface area contributed by atoms with Gasteiger partial charge >= 0.3 is 0 Å². The van der Waals surface area contributed by atoms with E-state index in [9.17, 15) is 0 Å². The predicted molar refractivity (Wildman–Crippen MR) is 57.0 cm³/mol. The molecule has 14 heavy (non-hydrogen) atoms. The molecule has 3 nitrogen and oxygen atoms in total. The van der Waals surface area contributed by atoms with Gasteiger partial charge in [-0.05, 0) is 17.7 Å². The van der Waals surface area contributed by atoms with Crippen LogP contribution in [0.3, 0.4) is 0 Å². The van der Waals surface area contributed by atoms with Crippen molar-refractivity contribution < 1.29 is 4.84 Å². The van der Waals surface area contributed by atoms with E-state index in [0.717, 1.165) is 5.56 Å². The molecule has 0 aliphatic carbocycles.